The minimum absolute atomic E-state index is 0.000440. The molecule has 0 spiro atoms. The Morgan fingerprint density at radius 3 is 2.67 bits per heavy atom. The fraction of sp³-hybridized carbons (Fsp3) is 0.176. The first-order valence-electron chi connectivity index (χ1n) is 7.79. The topological polar surface area (TPSA) is 63.4 Å². The molecular weight excluding hydrogens is 396 g/mol. The van der Waals surface area contributed by atoms with E-state index in [1.807, 2.05) is 6.92 Å². The molecule has 1 aromatic carbocycles. The first kappa shape index (κ1) is 17.7. The number of nitrogens with zero attached hydrogens (tertiary/aromatic N) is 5. The first-order valence-corrected chi connectivity index (χ1v) is 8.98. The number of carbonyl (C=O) groups is 1. The average molecular weight is 408 g/mol. The molecule has 0 saturated carbocycles. The van der Waals surface area contributed by atoms with Crippen LogP contribution in [0.2, 0.25) is 5.02 Å². The van der Waals surface area contributed by atoms with Crippen molar-refractivity contribution in [1.29, 1.82) is 0 Å². The molecule has 3 heterocycles. The molecule has 0 bridgehead atoms. The zero-order chi connectivity index (χ0) is 19.5. The van der Waals surface area contributed by atoms with E-state index in [0.717, 1.165) is 17.7 Å². The van der Waals surface area contributed by atoms with E-state index < -0.39 is 11.6 Å². The standard InChI is InChI=1S/C17H12ClF2N5OS/c1-7-12-15-22-14(8-4-10(19)11(20)5-9(8)18)23-25(15)6-21-16(12)27-13(7)17(26)24(2)3/h4-6H,1-3H3. The van der Waals surface area contributed by atoms with E-state index in [0.29, 0.717) is 20.7 Å². The van der Waals surface area contributed by atoms with E-state index in [1.54, 1.807) is 14.1 Å². The number of amides is 1. The van der Waals surface area contributed by atoms with Crippen molar-refractivity contribution in [3.63, 3.8) is 0 Å². The van der Waals surface area contributed by atoms with Gasteiger partial charge in [-0.25, -0.2) is 23.3 Å². The molecular formula is C17H12ClF2N5OS. The monoisotopic (exact) mass is 407 g/mol. The summed E-state index contributed by atoms with van der Waals surface area (Å²) in [6, 6.07) is 1.84. The Kier molecular flexibility index (Phi) is 4.08. The van der Waals surface area contributed by atoms with Gasteiger partial charge in [-0.1, -0.05) is 11.6 Å². The maximum Gasteiger partial charge on any atom is 0.263 e. The van der Waals surface area contributed by atoms with E-state index in [9.17, 15) is 13.6 Å². The van der Waals surface area contributed by atoms with E-state index >= 15 is 0 Å². The maximum absolute atomic E-state index is 13.6. The van der Waals surface area contributed by atoms with Crippen molar-refractivity contribution in [2.45, 2.75) is 6.92 Å². The SMILES string of the molecule is Cc1c(C(=O)N(C)C)sc2ncn3nc(-c4cc(F)c(F)cc4Cl)nc3c12. The summed E-state index contributed by atoms with van der Waals surface area (Å²) < 4.78 is 28.4. The summed E-state index contributed by atoms with van der Waals surface area (Å²) in [5.41, 5.74) is 1.37. The fourth-order valence-electron chi connectivity index (χ4n) is 2.75. The highest BCUT2D eigenvalue weighted by atomic mass is 35.5. The van der Waals surface area contributed by atoms with Crippen LogP contribution in [0.1, 0.15) is 15.2 Å². The molecule has 0 aliphatic rings. The molecule has 10 heteroatoms. The number of rotatable bonds is 2. The van der Waals surface area contributed by atoms with Crippen LogP contribution in [0.25, 0.3) is 27.3 Å². The quantitative estimate of drug-likeness (QED) is 0.472. The summed E-state index contributed by atoms with van der Waals surface area (Å²) in [5, 5.41) is 4.96. The Hall–Kier alpha value is -2.65. The smallest absolute Gasteiger partial charge is 0.263 e. The van der Waals surface area contributed by atoms with Crippen LogP contribution in [0, 0.1) is 18.6 Å². The lowest BCUT2D eigenvalue weighted by Crippen LogP contribution is -2.21. The van der Waals surface area contributed by atoms with Gasteiger partial charge in [-0.2, -0.15) is 0 Å². The minimum Gasteiger partial charge on any atom is -0.344 e. The van der Waals surface area contributed by atoms with Crippen LogP contribution in [0.5, 0.6) is 0 Å². The van der Waals surface area contributed by atoms with Crippen molar-refractivity contribution in [3.05, 3.63) is 45.6 Å². The number of carbonyl (C=O) groups excluding carboxylic acids is 1. The van der Waals surface area contributed by atoms with Crippen LogP contribution in [0.3, 0.4) is 0 Å². The van der Waals surface area contributed by atoms with Gasteiger partial charge in [0.1, 0.15) is 11.2 Å². The summed E-state index contributed by atoms with van der Waals surface area (Å²) in [7, 11) is 3.35. The molecule has 0 aliphatic carbocycles. The lowest BCUT2D eigenvalue weighted by molar-refractivity contribution is 0.0831. The molecule has 6 nitrogen and oxygen atoms in total. The number of aromatic nitrogens is 4. The maximum atomic E-state index is 13.6. The van der Waals surface area contributed by atoms with Crippen molar-refractivity contribution in [3.8, 4) is 11.4 Å². The van der Waals surface area contributed by atoms with Gasteiger partial charge in [0, 0.05) is 19.7 Å². The summed E-state index contributed by atoms with van der Waals surface area (Å²) in [6.45, 7) is 1.82. The predicted molar refractivity (Wildman–Crippen MR) is 99.3 cm³/mol. The number of thiophene rings is 1. The molecule has 1 amide bonds. The van der Waals surface area contributed by atoms with Gasteiger partial charge >= 0.3 is 0 Å². The lowest BCUT2D eigenvalue weighted by Gasteiger charge is -2.08. The van der Waals surface area contributed by atoms with Crippen LogP contribution >= 0.6 is 22.9 Å². The third-order valence-electron chi connectivity index (χ3n) is 4.12. The number of hydrogen-bond donors (Lipinski definition) is 0. The van der Waals surface area contributed by atoms with Crippen LogP contribution < -0.4 is 0 Å². The normalized spacial score (nSPS) is 11.5. The summed E-state index contributed by atoms with van der Waals surface area (Å²) in [4.78, 5) is 23.9. The number of fused-ring (bicyclic) bond motifs is 3. The van der Waals surface area contributed by atoms with E-state index in [-0.39, 0.29) is 22.3 Å². The largest absolute Gasteiger partial charge is 0.344 e. The van der Waals surface area contributed by atoms with E-state index in [2.05, 4.69) is 15.1 Å². The van der Waals surface area contributed by atoms with Gasteiger partial charge in [0.25, 0.3) is 5.91 Å². The highest BCUT2D eigenvalue weighted by molar-refractivity contribution is 7.20. The van der Waals surface area contributed by atoms with E-state index in [4.69, 9.17) is 11.6 Å². The van der Waals surface area contributed by atoms with Gasteiger partial charge in [-0.05, 0) is 24.6 Å². The number of aryl methyl sites for hydroxylation is 1. The van der Waals surface area contributed by atoms with Crippen molar-refractivity contribution in [1.82, 2.24) is 24.5 Å². The second kappa shape index (κ2) is 6.21. The minimum atomic E-state index is -1.04. The molecule has 0 unspecified atom stereocenters. The third-order valence-corrected chi connectivity index (χ3v) is 5.62. The van der Waals surface area contributed by atoms with Crippen molar-refractivity contribution in [2.24, 2.45) is 0 Å². The van der Waals surface area contributed by atoms with Gasteiger partial charge in [0.2, 0.25) is 0 Å². The molecule has 0 radical (unpaired) electrons. The highest BCUT2D eigenvalue weighted by Gasteiger charge is 2.22. The van der Waals surface area contributed by atoms with Crippen molar-refractivity contribution < 1.29 is 13.6 Å². The van der Waals surface area contributed by atoms with E-state index in [1.165, 1.54) is 27.1 Å². The van der Waals surface area contributed by atoms with Gasteiger partial charge in [0.05, 0.1) is 15.3 Å². The first-order chi connectivity index (χ1) is 12.8. The Balaban J connectivity index is 1.97. The molecule has 0 fully saturated rings. The third kappa shape index (κ3) is 2.74. The summed E-state index contributed by atoms with van der Waals surface area (Å²) in [6.07, 6.45) is 1.46. The number of hydrogen-bond acceptors (Lipinski definition) is 5. The average Bonchev–Trinajstić information content (AvgIpc) is 3.18. The van der Waals surface area contributed by atoms with Crippen molar-refractivity contribution in [2.75, 3.05) is 14.1 Å². The molecule has 0 aliphatic heterocycles. The Morgan fingerprint density at radius 1 is 1.26 bits per heavy atom. The van der Waals surface area contributed by atoms with Crippen LogP contribution in [-0.2, 0) is 0 Å². The van der Waals surface area contributed by atoms with Crippen LogP contribution in [-0.4, -0.2) is 44.5 Å². The van der Waals surface area contributed by atoms with Gasteiger partial charge in [-0.15, -0.1) is 16.4 Å². The Morgan fingerprint density at radius 2 is 1.96 bits per heavy atom. The molecule has 0 atom stereocenters. The Bertz CT molecular complexity index is 1230. The number of benzene rings is 1. The number of halogens is 3. The second-order valence-electron chi connectivity index (χ2n) is 6.13. The Labute approximate surface area is 161 Å². The van der Waals surface area contributed by atoms with Crippen LogP contribution in [0.4, 0.5) is 8.78 Å². The zero-order valence-electron chi connectivity index (χ0n) is 14.4. The molecule has 0 saturated heterocycles. The predicted octanol–water partition coefficient (Wildman–Crippen LogP) is 3.95. The van der Waals surface area contributed by atoms with Gasteiger partial charge in [-0.3, -0.25) is 4.79 Å². The molecule has 4 rings (SSSR count). The second-order valence-corrected chi connectivity index (χ2v) is 7.54. The summed E-state index contributed by atoms with van der Waals surface area (Å²) >= 11 is 7.30. The molecule has 0 N–H and O–H groups in total. The molecule has 27 heavy (non-hydrogen) atoms. The fourth-order valence-corrected chi connectivity index (χ4v) is 4.15. The van der Waals surface area contributed by atoms with Gasteiger partial charge < -0.3 is 4.90 Å². The molecule has 3 aromatic heterocycles. The molecule has 138 valence electrons. The molecule has 4 aromatic rings. The highest BCUT2D eigenvalue weighted by Crippen LogP contribution is 2.34. The van der Waals surface area contributed by atoms with Crippen molar-refractivity contribution >= 4 is 44.7 Å². The zero-order valence-corrected chi connectivity index (χ0v) is 16.0. The lowest BCUT2D eigenvalue weighted by atomic mass is 10.2. The van der Waals surface area contributed by atoms with Crippen LogP contribution in [0.15, 0.2) is 18.5 Å². The van der Waals surface area contributed by atoms with Gasteiger partial charge in [0.15, 0.2) is 23.1 Å². The summed E-state index contributed by atoms with van der Waals surface area (Å²) in [5.74, 6) is -2.07.